The summed E-state index contributed by atoms with van der Waals surface area (Å²) in [6, 6.07) is 8.89. The van der Waals surface area contributed by atoms with Gasteiger partial charge in [0, 0.05) is 24.3 Å². The molecular weight excluding hydrogens is 250 g/mol. The van der Waals surface area contributed by atoms with Crippen LogP contribution in [0.15, 0.2) is 24.3 Å². The van der Waals surface area contributed by atoms with E-state index < -0.39 is 0 Å². The fraction of sp³-hybridized carbons (Fsp3) is 0.625. The third kappa shape index (κ3) is 5.02. The van der Waals surface area contributed by atoms with E-state index in [0.717, 1.165) is 18.9 Å². The smallest absolute Gasteiger partial charge is 0.121 e. The largest absolute Gasteiger partial charge is 0.492 e. The van der Waals surface area contributed by atoms with Gasteiger partial charge in [0.05, 0.1) is 0 Å². The number of nitrogens with zero attached hydrogens (tertiary/aromatic N) is 2. The minimum absolute atomic E-state index is 0.586. The van der Waals surface area contributed by atoms with Crippen LogP contribution in [0.3, 0.4) is 0 Å². The second-order valence-corrected chi connectivity index (χ2v) is 5.90. The number of likely N-dealkylation sites (N-methyl/N-ethyl adjacent to an activating group) is 1. The van der Waals surface area contributed by atoms with Crippen molar-refractivity contribution in [2.24, 2.45) is 0 Å². The molecule has 0 bridgehead atoms. The van der Waals surface area contributed by atoms with Gasteiger partial charge >= 0.3 is 0 Å². The Morgan fingerprint density at radius 2 is 2.05 bits per heavy atom. The zero-order chi connectivity index (χ0) is 14.4. The van der Waals surface area contributed by atoms with Gasteiger partial charge in [-0.05, 0) is 59.2 Å². The van der Waals surface area contributed by atoms with Gasteiger partial charge in [-0.1, -0.05) is 6.07 Å². The number of piperidine rings is 1. The minimum Gasteiger partial charge on any atom is -0.492 e. The maximum Gasteiger partial charge on any atom is 0.121 e. The van der Waals surface area contributed by atoms with Gasteiger partial charge in [-0.2, -0.15) is 0 Å². The van der Waals surface area contributed by atoms with Crippen molar-refractivity contribution in [3.05, 3.63) is 24.3 Å². The van der Waals surface area contributed by atoms with Crippen molar-refractivity contribution in [1.29, 1.82) is 0 Å². The minimum atomic E-state index is 0.586. The van der Waals surface area contributed by atoms with Crippen LogP contribution in [-0.4, -0.2) is 63.2 Å². The van der Waals surface area contributed by atoms with E-state index in [2.05, 4.69) is 54.5 Å². The summed E-state index contributed by atoms with van der Waals surface area (Å²) in [6.07, 6.45) is 2.42. The lowest BCUT2D eigenvalue weighted by atomic mass is 10.1. The van der Waals surface area contributed by atoms with E-state index in [1.54, 1.807) is 0 Å². The van der Waals surface area contributed by atoms with Gasteiger partial charge in [0.2, 0.25) is 0 Å². The number of rotatable bonds is 6. The summed E-state index contributed by atoms with van der Waals surface area (Å²) in [5.74, 6) is 0.949. The Morgan fingerprint density at radius 1 is 1.30 bits per heavy atom. The van der Waals surface area contributed by atoms with Crippen LogP contribution in [0.25, 0.3) is 0 Å². The fourth-order valence-corrected chi connectivity index (χ4v) is 2.41. The first kappa shape index (κ1) is 15.1. The van der Waals surface area contributed by atoms with E-state index in [0.29, 0.717) is 6.04 Å². The van der Waals surface area contributed by atoms with Crippen LogP contribution >= 0.6 is 0 Å². The average Bonchev–Trinajstić information content (AvgIpc) is 2.41. The number of hydrogen-bond donors (Lipinski definition) is 1. The molecule has 4 heteroatoms. The molecule has 1 aliphatic rings. The van der Waals surface area contributed by atoms with Crippen molar-refractivity contribution in [2.45, 2.75) is 18.9 Å². The molecule has 1 heterocycles. The molecule has 1 saturated heterocycles. The summed E-state index contributed by atoms with van der Waals surface area (Å²) in [7, 11) is 6.30. The average molecular weight is 277 g/mol. The standard InChI is InChI=1S/C16H27N3O/c1-18(2)11-12-20-16-6-4-5-15(13-16)17-14-7-9-19(3)10-8-14/h4-6,13-14,17H,7-12H2,1-3H3. The quantitative estimate of drug-likeness (QED) is 0.862. The van der Waals surface area contributed by atoms with E-state index in [9.17, 15) is 0 Å². The Labute approximate surface area is 122 Å². The van der Waals surface area contributed by atoms with Crippen molar-refractivity contribution in [1.82, 2.24) is 9.80 Å². The zero-order valence-corrected chi connectivity index (χ0v) is 12.9. The predicted octanol–water partition coefficient (Wildman–Crippen LogP) is 2.13. The van der Waals surface area contributed by atoms with E-state index in [1.165, 1.54) is 31.6 Å². The van der Waals surface area contributed by atoms with Crippen molar-refractivity contribution < 1.29 is 4.74 Å². The third-order valence-corrected chi connectivity index (χ3v) is 3.73. The molecular formula is C16H27N3O. The highest BCUT2D eigenvalue weighted by molar-refractivity contribution is 5.48. The highest BCUT2D eigenvalue weighted by Gasteiger charge is 2.16. The van der Waals surface area contributed by atoms with Crippen LogP contribution < -0.4 is 10.1 Å². The summed E-state index contributed by atoms with van der Waals surface area (Å²) in [4.78, 5) is 4.51. The van der Waals surface area contributed by atoms with Crippen molar-refractivity contribution in [3.8, 4) is 5.75 Å². The Hall–Kier alpha value is -1.26. The summed E-state index contributed by atoms with van der Waals surface area (Å²) < 4.78 is 5.77. The van der Waals surface area contributed by atoms with Crippen molar-refractivity contribution in [2.75, 3.05) is 52.7 Å². The van der Waals surface area contributed by atoms with Gasteiger partial charge in [-0.3, -0.25) is 0 Å². The number of anilines is 1. The van der Waals surface area contributed by atoms with E-state index in [-0.39, 0.29) is 0 Å². The number of likely N-dealkylation sites (tertiary alicyclic amines) is 1. The van der Waals surface area contributed by atoms with Gasteiger partial charge < -0.3 is 19.9 Å². The monoisotopic (exact) mass is 277 g/mol. The fourth-order valence-electron chi connectivity index (χ4n) is 2.41. The maximum atomic E-state index is 5.77. The maximum absolute atomic E-state index is 5.77. The third-order valence-electron chi connectivity index (χ3n) is 3.73. The molecule has 0 radical (unpaired) electrons. The zero-order valence-electron chi connectivity index (χ0n) is 12.9. The van der Waals surface area contributed by atoms with E-state index in [4.69, 9.17) is 4.74 Å². The topological polar surface area (TPSA) is 27.7 Å². The van der Waals surface area contributed by atoms with Crippen molar-refractivity contribution in [3.63, 3.8) is 0 Å². The molecule has 0 aliphatic carbocycles. The lowest BCUT2D eigenvalue weighted by Gasteiger charge is -2.30. The Balaban J connectivity index is 1.82. The normalized spacial score (nSPS) is 17.4. The Morgan fingerprint density at radius 3 is 2.75 bits per heavy atom. The summed E-state index contributed by atoms with van der Waals surface area (Å²) in [6.45, 7) is 4.02. The van der Waals surface area contributed by atoms with Crippen LogP contribution in [0.1, 0.15) is 12.8 Å². The predicted molar refractivity (Wildman–Crippen MR) is 84.6 cm³/mol. The summed E-state index contributed by atoms with van der Waals surface area (Å²) >= 11 is 0. The molecule has 2 rings (SSSR count). The molecule has 4 nitrogen and oxygen atoms in total. The molecule has 0 spiro atoms. The van der Waals surface area contributed by atoms with Crippen molar-refractivity contribution >= 4 is 5.69 Å². The van der Waals surface area contributed by atoms with Crippen LogP contribution in [0, 0.1) is 0 Å². The van der Waals surface area contributed by atoms with Gasteiger partial charge in [-0.25, -0.2) is 0 Å². The molecule has 1 aromatic carbocycles. The molecule has 1 N–H and O–H groups in total. The molecule has 20 heavy (non-hydrogen) atoms. The number of nitrogens with one attached hydrogen (secondary N) is 1. The first-order valence-corrected chi connectivity index (χ1v) is 7.46. The van der Waals surface area contributed by atoms with Gasteiger partial charge in [0.25, 0.3) is 0 Å². The highest BCUT2D eigenvalue weighted by Crippen LogP contribution is 2.20. The molecule has 1 fully saturated rings. The summed E-state index contributed by atoms with van der Waals surface area (Å²) in [5, 5.41) is 3.62. The summed E-state index contributed by atoms with van der Waals surface area (Å²) in [5.41, 5.74) is 1.17. The second kappa shape index (κ2) is 7.50. The number of benzene rings is 1. The molecule has 0 aromatic heterocycles. The van der Waals surface area contributed by atoms with Crippen LogP contribution in [0.4, 0.5) is 5.69 Å². The van der Waals surface area contributed by atoms with Gasteiger partial charge in [-0.15, -0.1) is 0 Å². The molecule has 1 aromatic rings. The molecule has 0 atom stereocenters. The molecule has 0 amide bonds. The molecule has 0 saturated carbocycles. The van der Waals surface area contributed by atoms with Gasteiger partial charge in [0.15, 0.2) is 0 Å². The van der Waals surface area contributed by atoms with Crippen LogP contribution in [0.2, 0.25) is 0 Å². The Kier molecular flexibility index (Phi) is 5.68. The highest BCUT2D eigenvalue weighted by atomic mass is 16.5. The van der Waals surface area contributed by atoms with Crippen LogP contribution in [-0.2, 0) is 0 Å². The lowest BCUT2D eigenvalue weighted by Crippen LogP contribution is -2.36. The van der Waals surface area contributed by atoms with Crippen LogP contribution in [0.5, 0.6) is 5.75 Å². The second-order valence-electron chi connectivity index (χ2n) is 5.90. The lowest BCUT2D eigenvalue weighted by molar-refractivity contribution is 0.260. The van der Waals surface area contributed by atoms with Gasteiger partial charge in [0.1, 0.15) is 12.4 Å². The van der Waals surface area contributed by atoms with E-state index in [1.807, 2.05) is 6.07 Å². The first-order valence-electron chi connectivity index (χ1n) is 7.46. The van der Waals surface area contributed by atoms with E-state index >= 15 is 0 Å². The number of hydrogen-bond acceptors (Lipinski definition) is 4. The molecule has 0 unspecified atom stereocenters. The number of ether oxygens (including phenoxy) is 1. The SMILES string of the molecule is CN(C)CCOc1cccc(NC2CCN(C)CC2)c1. The molecule has 112 valence electrons. The molecule has 1 aliphatic heterocycles. The Bertz CT molecular complexity index is 400. The first-order chi connectivity index (χ1) is 9.63.